The van der Waals surface area contributed by atoms with Crippen LogP contribution in [0.25, 0.3) is 0 Å². The van der Waals surface area contributed by atoms with Gasteiger partial charge in [0.25, 0.3) is 5.91 Å². The van der Waals surface area contributed by atoms with Gasteiger partial charge in [0.2, 0.25) is 0 Å². The quantitative estimate of drug-likeness (QED) is 0.658. The summed E-state index contributed by atoms with van der Waals surface area (Å²) in [5.41, 5.74) is 1.78. The van der Waals surface area contributed by atoms with Gasteiger partial charge in [-0.15, -0.1) is 0 Å². The Hall–Kier alpha value is -2.26. The zero-order valence-corrected chi connectivity index (χ0v) is 11.8. The van der Waals surface area contributed by atoms with Gasteiger partial charge in [-0.2, -0.15) is 5.26 Å². The predicted molar refractivity (Wildman–Crippen MR) is 81.4 cm³/mol. The van der Waals surface area contributed by atoms with Crippen LogP contribution in [-0.2, 0) is 4.79 Å². The Bertz CT molecular complexity index is 599. The molecule has 102 valence electrons. The zero-order valence-electron chi connectivity index (χ0n) is 11.0. The van der Waals surface area contributed by atoms with E-state index in [1.54, 1.807) is 23.9 Å². The molecule has 0 aliphatic carbocycles. The summed E-state index contributed by atoms with van der Waals surface area (Å²) in [6, 6.07) is 9.27. The molecule has 1 aromatic carbocycles. The third-order valence-corrected chi connectivity index (χ3v) is 3.51. The molecule has 0 saturated carbocycles. The molecule has 1 amide bonds. The van der Waals surface area contributed by atoms with Crippen LogP contribution < -0.4 is 10.6 Å². The molecule has 0 spiro atoms. The number of aliphatic imine (C=N–C) groups is 1. The van der Waals surface area contributed by atoms with Gasteiger partial charge in [0.05, 0.1) is 6.54 Å². The maximum Gasteiger partial charge on any atom is 0.267 e. The molecule has 6 heteroatoms. The van der Waals surface area contributed by atoms with Crippen LogP contribution in [0.4, 0.5) is 5.69 Å². The Balaban J connectivity index is 2.00. The van der Waals surface area contributed by atoms with E-state index in [2.05, 4.69) is 15.6 Å². The Labute approximate surface area is 121 Å². The summed E-state index contributed by atoms with van der Waals surface area (Å²) < 4.78 is 0. The summed E-state index contributed by atoms with van der Waals surface area (Å²) in [4.78, 5) is 16.1. The fourth-order valence-corrected chi connectivity index (χ4v) is 2.24. The molecule has 2 N–H and O–H groups in total. The van der Waals surface area contributed by atoms with Crippen molar-refractivity contribution in [3.05, 3.63) is 41.6 Å². The molecule has 1 aliphatic heterocycles. The molecule has 1 aromatic rings. The van der Waals surface area contributed by atoms with Crippen LogP contribution in [0.5, 0.6) is 0 Å². The van der Waals surface area contributed by atoms with Gasteiger partial charge in [-0.3, -0.25) is 9.79 Å². The first kappa shape index (κ1) is 14.2. The number of hydrogen-bond donors (Lipinski definition) is 2. The number of carbonyl (C=O) groups is 1. The second-order valence-corrected chi connectivity index (χ2v) is 5.25. The van der Waals surface area contributed by atoms with Crippen molar-refractivity contribution in [2.45, 2.75) is 6.92 Å². The van der Waals surface area contributed by atoms with Crippen molar-refractivity contribution >= 4 is 28.5 Å². The van der Waals surface area contributed by atoms with Crippen LogP contribution in [0.1, 0.15) is 5.56 Å². The molecule has 0 unspecified atom stereocenters. The number of nitrogens with zero attached hydrogens (tertiary/aromatic N) is 2. The minimum absolute atomic E-state index is 0.0146. The van der Waals surface area contributed by atoms with E-state index < -0.39 is 5.91 Å². The molecule has 1 aliphatic rings. The highest BCUT2D eigenvalue weighted by molar-refractivity contribution is 8.14. The zero-order chi connectivity index (χ0) is 14.4. The normalized spacial score (nSPS) is 14.4. The van der Waals surface area contributed by atoms with Gasteiger partial charge in [-0.05, 0) is 19.1 Å². The highest BCUT2D eigenvalue weighted by atomic mass is 32.2. The topological polar surface area (TPSA) is 77.3 Å². The average Bonchev–Trinajstić information content (AvgIpc) is 2.95. The number of benzene rings is 1. The number of amidine groups is 1. The Morgan fingerprint density at radius 1 is 1.45 bits per heavy atom. The summed E-state index contributed by atoms with van der Waals surface area (Å²) in [5, 5.41) is 15.3. The molecule has 0 atom stereocenters. The molecule has 0 aromatic heterocycles. The van der Waals surface area contributed by atoms with Crippen molar-refractivity contribution in [3.8, 4) is 6.07 Å². The first-order chi connectivity index (χ1) is 9.69. The maximum absolute atomic E-state index is 11.9. The van der Waals surface area contributed by atoms with E-state index in [0.717, 1.165) is 23.0 Å². The van der Waals surface area contributed by atoms with E-state index in [4.69, 9.17) is 5.26 Å². The highest BCUT2D eigenvalue weighted by Gasteiger charge is 2.11. The number of rotatable bonds is 3. The minimum atomic E-state index is -0.438. The summed E-state index contributed by atoms with van der Waals surface area (Å²) in [6.07, 6.45) is 1.39. The summed E-state index contributed by atoms with van der Waals surface area (Å²) >= 11 is 1.57. The smallest absolute Gasteiger partial charge is 0.267 e. The lowest BCUT2D eigenvalue weighted by molar-refractivity contribution is -0.112. The average molecular weight is 286 g/mol. The first-order valence-electron chi connectivity index (χ1n) is 6.11. The van der Waals surface area contributed by atoms with Crippen molar-refractivity contribution in [2.75, 3.05) is 17.6 Å². The number of anilines is 1. The molecule has 0 saturated heterocycles. The van der Waals surface area contributed by atoms with E-state index in [-0.39, 0.29) is 5.57 Å². The summed E-state index contributed by atoms with van der Waals surface area (Å²) in [7, 11) is 0. The first-order valence-corrected chi connectivity index (χ1v) is 7.09. The highest BCUT2D eigenvalue weighted by Crippen LogP contribution is 2.11. The Morgan fingerprint density at radius 2 is 2.20 bits per heavy atom. The minimum Gasteiger partial charge on any atom is -0.340 e. The summed E-state index contributed by atoms with van der Waals surface area (Å²) in [5.74, 6) is 0.487. The number of nitriles is 1. The molecular formula is C14H14N4OS. The predicted octanol–water partition coefficient (Wildman–Crippen LogP) is 2.03. The van der Waals surface area contributed by atoms with E-state index in [1.165, 1.54) is 6.20 Å². The lowest BCUT2D eigenvalue weighted by atomic mass is 10.2. The second-order valence-electron chi connectivity index (χ2n) is 4.17. The molecule has 0 fully saturated rings. The Kier molecular flexibility index (Phi) is 4.80. The fourth-order valence-electron chi connectivity index (χ4n) is 1.54. The van der Waals surface area contributed by atoms with E-state index in [0.29, 0.717) is 5.69 Å². The number of aryl methyl sites for hydroxylation is 1. The SMILES string of the molecule is Cc1ccc(NC(=O)/C(C#N)=C\NC2=NCCS2)cc1. The van der Waals surface area contributed by atoms with Crippen LogP contribution in [-0.4, -0.2) is 23.4 Å². The molecule has 0 bridgehead atoms. The lowest BCUT2D eigenvalue weighted by Crippen LogP contribution is -2.18. The van der Waals surface area contributed by atoms with Gasteiger partial charge in [0.15, 0.2) is 5.17 Å². The van der Waals surface area contributed by atoms with Crippen LogP contribution in [0.2, 0.25) is 0 Å². The third kappa shape index (κ3) is 3.87. The van der Waals surface area contributed by atoms with Crippen LogP contribution >= 0.6 is 11.8 Å². The van der Waals surface area contributed by atoms with E-state index in [1.807, 2.05) is 25.1 Å². The molecule has 5 nitrogen and oxygen atoms in total. The number of nitrogens with one attached hydrogen (secondary N) is 2. The summed E-state index contributed by atoms with van der Waals surface area (Å²) in [6.45, 7) is 2.73. The molecule has 1 heterocycles. The van der Waals surface area contributed by atoms with Crippen molar-refractivity contribution in [1.82, 2.24) is 5.32 Å². The van der Waals surface area contributed by atoms with Gasteiger partial charge < -0.3 is 10.6 Å². The van der Waals surface area contributed by atoms with Crippen LogP contribution in [0.15, 0.2) is 41.0 Å². The van der Waals surface area contributed by atoms with Crippen molar-refractivity contribution in [1.29, 1.82) is 5.26 Å². The third-order valence-electron chi connectivity index (χ3n) is 2.60. The van der Waals surface area contributed by atoms with Crippen molar-refractivity contribution in [2.24, 2.45) is 4.99 Å². The van der Waals surface area contributed by atoms with Crippen LogP contribution in [0.3, 0.4) is 0 Å². The second kappa shape index (κ2) is 6.78. The standard InChI is InChI=1S/C14H14N4OS/c1-10-2-4-12(5-3-10)18-13(19)11(8-15)9-17-14-16-6-7-20-14/h2-5,9H,6-7H2,1H3,(H,16,17)(H,18,19)/b11-9-. The number of amides is 1. The maximum atomic E-state index is 11.9. The van der Waals surface area contributed by atoms with Gasteiger partial charge in [0, 0.05) is 17.6 Å². The monoisotopic (exact) mass is 286 g/mol. The van der Waals surface area contributed by atoms with Crippen molar-refractivity contribution < 1.29 is 4.79 Å². The van der Waals surface area contributed by atoms with E-state index >= 15 is 0 Å². The molecule has 0 radical (unpaired) electrons. The molecule has 20 heavy (non-hydrogen) atoms. The van der Waals surface area contributed by atoms with Gasteiger partial charge in [0.1, 0.15) is 11.6 Å². The Morgan fingerprint density at radius 3 is 2.80 bits per heavy atom. The van der Waals surface area contributed by atoms with Gasteiger partial charge in [-0.25, -0.2) is 0 Å². The number of carbonyl (C=O) groups excluding carboxylic acids is 1. The fraction of sp³-hybridized carbons (Fsp3) is 0.214. The van der Waals surface area contributed by atoms with Crippen LogP contribution in [0, 0.1) is 18.3 Å². The van der Waals surface area contributed by atoms with Gasteiger partial charge in [-0.1, -0.05) is 29.5 Å². The number of thioether (sulfide) groups is 1. The largest absolute Gasteiger partial charge is 0.340 e. The molecule has 2 rings (SSSR count). The lowest BCUT2D eigenvalue weighted by Gasteiger charge is -2.05. The number of hydrogen-bond acceptors (Lipinski definition) is 5. The van der Waals surface area contributed by atoms with Gasteiger partial charge >= 0.3 is 0 Å². The van der Waals surface area contributed by atoms with E-state index in [9.17, 15) is 4.79 Å². The molecular weight excluding hydrogens is 272 g/mol. The van der Waals surface area contributed by atoms with Crippen molar-refractivity contribution in [3.63, 3.8) is 0 Å².